The molecule has 0 unspecified atom stereocenters. The van der Waals surface area contributed by atoms with E-state index in [-0.39, 0.29) is 0 Å². The predicted octanol–water partition coefficient (Wildman–Crippen LogP) is -0.523. The molecule has 15 heteroatoms. The van der Waals surface area contributed by atoms with Gasteiger partial charge in [0.05, 0.1) is 19.8 Å². The topological polar surface area (TPSA) is 191 Å². The van der Waals surface area contributed by atoms with E-state index in [0.29, 0.717) is 0 Å². The van der Waals surface area contributed by atoms with Crippen molar-refractivity contribution in [2.75, 3.05) is 19.8 Å². The fourth-order valence-corrected chi connectivity index (χ4v) is 2.46. The lowest BCUT2D eigenvalue weighted by molar-refractivity contribution is -0.0502. The Labute approximate surface area is 134 Å². The summed E-state index contributed by atoms with van der Waals surface area (Å²) in [7, 11) is -14.9. The second-order valence-corrected chi connectivity index (χ2v) is 8.87. The molecule has 0 aromatic heterocycles. The minimum absolute atomic E-state index is 0.972. The van der Waals surface area contributed by atoms with E-state index in [1.54, 1.807) is 0 Å². The first kappa shape index (κ1) is 22.6. The number of rotatable bonds is 9. The van der Waals surface area contributed by atoms with Crippen molar-refractivity contribution >= 4 is 31.2 Å². The van der Waals surface area contributed by atoms with Crippen LogP contribution in [0.5, 0.6) is 0 Å². The summed E-state index contributed by atoms with van der Waals surface area (Å²) in [6.45, 7) is 1.34. The minimum Gasteiger partial charge on any atom is -0.264 e. The van der Waals surface area contributed by atoms with E-state index in [9.17, 15) is 25.3 Å². The molecule has 0 spiro atoms. The zero-order valence-electron chi connectivity index (χ0n) is 12.4. The molecule has 0 heterocycles. The largest absolute Gasteiger partial charge is 0.397 e. The molecule has 12 nitrogen and oxygen atoms in total. The normalized spacial score (nSPS) is 14.9. The summed E-state index contributed by atoms with van der Waals surface area (Å²) in [5.41, 5.74) is -2.96. The van der Waals surface area contributed by atoms with Gasteiger partial charge < -0.3 is 0 Å². The molecule has 0 fully saturated rings. The zero-order chi connectivity index (χ0) is 18.7. The van der Waals surface area contributed by atoms with Gasteiger partial charge in [0.15, 0.2) is 0 Å². The lowest BCUT2D eigenvalue weighted by atomic mass is 9.68. The van der Waals surface area contributed by atoms with Crippen molar-refractivity contribution in [2.24, 2.45) is 10.8 Å². The van der Waals surface area contributed by atoms with Crippen molar-refractivity contribution in [3.63, 3.8) is 0 Å². The maximum atomic E-state index is 10.7. The van der Waals surface area contributed by atoms with Gasteiger partial charge in [-0.25, -0.2) is 12.5 Å². The number of hydrogen-bond acceptors (Lipinski definition) is 9. The molecule has 0 aliphatic rings. The third-order valence-corrected chi connectivity index (χ3v) is 4.29. The Morgan fingerprint density at radius 3 is 1.00 bits per heavy atom. The van der Waals surface area contributed by atoms with Crippen LogP contribution in [0.4, 0.5) is 0 Å². The van der Waals surface area contributed by atoms with Gasteiger partial charge in [0.25, 0.3) is 0 Å². The summed E-state index contributed by atoms with van der Waals surface area (Å²) < 4.78 is 103. The molecule has 140 valence electrons. The molecule has 0 amide bonds. The average molecular weight is 402 g/mol. The minimum atomic E-state index is -4.96. The standard InChI is InChI=1S/C8H18O12S3/c1-7(2,3)8(4-18-21(9,10)11,5-19-22(12,13)14)6-20-23(15,16)17/h4-6H2,1-3H3,(H,9,10,11)(H,12,13,14)(H,15,16,17). The molecular formula is C8H18O12S3. The first-order chi connectivity index (χ1) is 9.87. The fraction of sp³-hybridized carbons (Fsp3) is 1.00. The van der Waals surface area contributed by atoms with Crippen LogP contribution in [-0.2, 0) is 43.7 Å². The van der Waals surface area contributed by atoms with Gasteiger partial charge >= 0.3 is 31.2 Å². The Morgan fingerprint density at radius 1 is 0.652 bits per heavy atom. The summed E-state index contributed by atoms with van der Waals surface area (Å²) >= 11 is 0. The maximum Gasteiger partial charge on any atom is 0.397 e. The Hall–Kier alpha value is -0.390. The van der Waals surface area contributed by atoms with Crippen LogP contribution in [-0.4, -0.2) is 58.7 Å². The van der Waals surface area contributed by atoms with E-state index in [0.717, 1.165) is 0 Å². The van der Waals surface area contributed by atoms with Crippen LogP contribution >= 0.6 is 0 Å². The maximum absolute atomic E-state index is 10.7. The van der Waals surface area contributed by atoms with E-state index in [2.05, 4.69) is 12.5 Å². The van der Waals surface area contributed by atoms with E-state index in [1.807, 2.05) is 0 Å². The van der Waals surface area contributed by atoms with E-state index in [4.69, 9.17) is 13.7 Å². The third kappa shape index (κ3) is 9.48. The van der Waals surface area contributed by atoms with Crippen molar-refractivity contribution in [2.45, 2.75) is 20.8 Å². The first-order valence-corrected chi connectivity index (χ1v) is 9.82. The molecule has 0 atom stereocenters. The highest BCUT2D eigenvalue weighted by molar-refractivity contribution is 7.81. The summed E-state index contributed by atoms with van der Waals surface area (Å²) in [5, 5.41) is 0. The summed E-state index contributed by atoms with van der Waals surface area (Å²) in [5.74, 6) is 0. The van der Waals surface area contributed by atoms with Crippen molar-refractivity contribution in [1.82, 2.24) is 0 Å². The van der Waals surface area contributed by atoms with Crippen LogP contribution in [0, 0.1) is 10.8 Å². The Balaban J connectivity index is 5.71. The molecule has 0 aliphatic carbocycles. The predicted molar refractivity (Wildman–Crippen MR) is 74.4 cm³/mol. The first-order valence-electron chi connectivity index (χ1n) is 5.72. The lowest BCUT2D eigenvalue weighted by Crippen LogP contribution is -2.48. The monoisotopic (exact) mass is 402 g/mol. The van der Waals surface area contributed by atoms with Gasteiger partial charge in [0.1, 0.15) is 0 Å². The van der Waals surface area contributed by atoms with Gasteiger partial charge in [-0.2, -0.15) is 25.3 Å². The Morgan fingerprint density at radius 2 is 0.870 bits per heavy atom. The van der Waals surface area contributed by atoms with Crippen LogP contribution in [0.25, 0.3) is 0 Å². The van der Waals surface area contributed by atoms with Gasteiger partial charge in [0.2, 0.25) is 0 Å². The van der Waals surface area contributed by atoms with Gasteiger partial charge in [-0.05, 0) is 5.41 Å². The number of hydrogen-bond donors (Lipinski definition) is 3. The fourth-order valence-electron chi connectivity index (χ4n) is 1.34. The van der Waals surface area contributed by atoms with Gasteiger partial charge in [-0.1, -0.05) is 20.8 Å². The molecule has 0 aromatic carbocycles. The van der Waals surface area contributed by atoms with Crippen LogP contribution in [0.1, 0.15) is 20.8 Å². The molecule has 0 bridgehead atoms. The lowest BCUT2D eigenvalue weighted by Gasteiger charge is -2.42. The molecule has 3 N–H and O–H groups in total. The summed E-state index contributed by atoms with van der Waals surface area (Å²) in [6, 6.07) is 0. The highest BCUT2D eigenvalue weighted by atomic mass is 32.3. The summed E-state index contributed by atoms with van der Waals surface area (Å²) in [6.07, 6.45) is 0. The van der Waals surface area contributed by atoms with Crippen LogP contribution in [0.15, 0.2) is 0 Å². The molecule has 0 saturated heterocycles. The molecular weight excluding hydrogens is 384 g/mol. The van der Waals surface area contributed by atoms with Crippen LogP contribution < -0.4 is 0 Å². The molecule has 0 rings (SSSR count). The van der Waals surface area contributed by atoms with Crippen LogP contribution in [0.3, 0.4) is 0 Å². The van der Waals surface area contributed by atoms with E-state index >= 15 is 0 Å². The smallest absolute Gasteiger partial charge is 0.264 e. The highest BCUT2D eigenvalue weighted by Gasteiger charge is 2.46. The molecule has 0 radical (unpaired) electrons. The van der Waals surface area contributed by atoms with Crippen molar-refractivity contribution in [1.29, 1.82) is 0 Å². The molecule has 23 heavy (non-hydrogen) atoms. The van der Waals surface area contributed by atoms with Crippen LogP contribution in [0.2, 0.25) is 0 Å². The van der Waals surface area contributed by atoms with E-state index in [1.165, 1.54) is 20.8 Å². The molecule has 0 aromatic rings. The van der Waals surface area contributed by atoms with Crippen molar-refractivity contribution in [3.05, 3.63) is 0 Å². The van der Waals surface area contributed by atoms with Gasteiger partial charge in [-0.15, -0.1) is 0 Å². The zero-order valence-corrected chi connectivity index (χ0v) is 14.8. The summed E-state index contributed by atoms with van der Waals surface area (Å²) in [4.78, 5) is 0. The quantitative estimate of drug-likeness (QED) is 0.419. The van der Waals surface area contributed by atoms with Gasteiger partial charge in [0, 0.05) is 5.41 Å². The van der Waals surface area contributed by atoms with E-state index < -0.39 is 61.8 Å². The second-order valence-electron chi connectivity index (χ2n) is 5.60. The van der Waals surface area contributed by atoms with Gasteiger partial charge in [-0.3, -0.25) is 13.7 Å². The Bertz CT molecular complexity index is 608. The molecule has 0 aliphatic heterocycles. The second kappa shape index (κ2) is 7.24. The van der Waals surface area contributed by atoms with Crippen molar-refractivity contribution < 1.29 is 51.5 Å². The molecule has 0 saturated carbocycles. The highest BCUT2D eigenvalue weighted by Crippen LogP contribution is 2.40. The third-order valence-electron chi connectivity index (χ3n) is 3.04. The SMILES string of the molecule is CC(C)(C)C(COS(=O)(=O)O)(COS(=O)(=O)O)COS(=O)(=O)O. The Kier molecular flexibility index (Phi) is 7.12. The average Bonchev–Trinajstić information content (AvgIpc) is 2.22. The van der Waals surface area contributed by atoms with Crippen molar-refractivity contribution in [3.8, 4) is 0 Å².